The molecule has 1 aliphatic rings. The van der Waals surface area contributed by atoms with Gasteiger partial charge in [0.25, 0.3) is 0 Å². The first-order valence-corrected chi connectivity index (χ1v) is 5.91. The van der Waals surface area contributed by atoms with Gasteiger partial charge in [-0.05, 0) is 37.1 Å². The molecule has 6 heteroatoms. The van der Waals surface area contributed by atoms with Crippen LogP contribution in [-0.4, -0.2) is 19.2 Å². The van der Waals surface area contributed by atoms with E-state index in [1.807, 2.05) is 0 Å². The number of esters is 1. The zero-order valence-electron chi connectivity index (χ0n) is 10.3. The Bertz CT molecular complexity index is 483. The van der Waals surface area contributed by atoms with E-state index in [2.05, 4.69) is 0 Å². The van der Waals surface area contributed by atoms with Gasteiger partial charge < -0.3 is 9.47 Å². The van der Waals surface area contributed by atoms with Crippen LogP contribution < -0.4 is 4.74 Å². The molecule has 0 bridgehead atoms. The van der Waals surface area contributed by atoms with Gasteiger partial charge in [-0.15, -0.1) is 0 Å². The summed E-state index contributed by atoms with van der Waals surface area (Å²) in [5.41, 5.74) is -0.349. The lowest BCUT2D eigenvalue weighted by Crippen LogP contribution is -2.30. The monoisotopic (exact) mass is 274 g/mol. The first-order chi connectivity index (χ1) is 8.91. The van der Waals surface area contributed by atoms with Crippen LogP contribution in [0, 0.1) is 5.92 Å². The number of alkyl halides is 3. The summed E-state index contributed by atoms with van der Waals surface area (Å²) in [7, 11) is 0. The topological polar surface area (TPSA) is 35.5 Å². The number of ether oxygens (including phenoxy) is 2. The average Bonchev–Trinajstić information content (AvgIpc) is 2.36. The molecule has 0 aliphatic carbocycles. The summed E-state index contributed by atoms with van der Waals surface area (Å²) in [5.74, 6) is -0.588. The van der Waals surface area contributed by atoms with Gasteiger partial charge in [-0.3, -0.25) is 4.79 Å². The van der Waals surface area contributed by atoms with Gasteiger partial charge in [0.15, 0.2) is 0 Å². The van der Waals surface area contributed by atoms with Crippen molar-refractivity contribution in [3.05, 3.63) is 29.3 Å². The highest BCUT2D eigenvalue weighted by molar-refractivity contribution is 5.73. The fourth-order valence-corrected chi connectivity index (χ4v) is 1.98. The lowest BCUT2D eigenvalue weighted by molar-refractivity contribution is -0.149. The van der Waals surface area contributed by atoms with E-state index in [4.69, 9.17) is 9.47 Å². The Balaban J connectivity index is 2.21. The molecule has 1 atom stereocenters. The summed E-state index contributed by atoms with van der Waals surface area (Å²) in [6, 6.07) is 3.30. The van der Waals surface area contributed by atoms with Crippen LogP contribution in [0.2, 0.25) is 0 Å². The first-order valence-electron chi connectivity index (χ1n) is 5.91. The van der Waals surface area contributed by atoms with Gasteiger partial charge in [-0.2, -0.15) is 13.2 Å². The molecule has 2 rings (SSSR count). The van der Waals surface area contributed by atoms with Crippen molar-refractivity contribution in [2.24, 2.45) is 5.92 Å². The number of halogens is 3. The highest BCUT2D eigenvalue weighted by Gasteiger charge is 2.33. The lowest BCUT2D eigenvalue weighted by Gasteiger charge is -2.24. The minimum atomic E-state index is -4.40. The van der Waals surface area contributed by atoms with Gasteiger partial charge in [0.05, 0.1) is 18.1 Å². The molecule has 19 heavy (non-hydrogen) atoms. The summed E-state index contributed by atoms with van der Waals surface area (Å²) in [6.07, 6.45) is -4.19. The van der Waals surface area contributed by atoms with Crippen LogP contribution >= 0.6 is 0 Å². The zero-order chi connectivity index (χ0) is 14.0. The molecule has 1 heterocycles. The predicted molar refractivity (Wildman–Crippen MR) is 60.8 cm³/mol. The molecule has 1 aromatic rings. The van der Waals surface area contributed by atoms with Crippen LogP contribution in [-0.2, 0) is 22.1 Å². The Morgan fingerprint density at radius 2 is 2.21 bits per heavy atom. The van der Waals surface area contributed by atoms with Crippen molar-refractivity contribution in [1.29, 1.82) is 0 Å². The summed E-state index contributed by atoms with van der Waals surface area (Å²) >= 11 is 0. The van der Waals surface area contributed by atoms with Crippen molar-refractivity contribution in [3.63, 3.8) is 0 Å². The van der Waals surface area contributed by atoms with E-state index in [1.165, 1.54) is 6.07 Å². The van der Waals surface area contributed by atoms with Crippen LogP contribution in [0.3, 0.4) is 0 Å². The molecule has 3 nitrogen and oxygen atoms in total. The van der Waals surface area contributed by atoms with Crippen LogP contribution in [0.25, 0.3) is 0 Å². The minimum absolute atomic E-state index is 0.136. The van der Waals surface area contributed by atoms with Crippen molar-refractivity contribution >= 4 is 5.97 Å². The Morgan fingerprint density at radius 3 is 2.84 bits per heavy atom. The predicted octanol–water partition coefficient (Wildman–Crippen LogP) is 2.82. The summed E-state index contributed by atoms with van der Waals surface area (Å²) in [5, 5.41) is 0. The number of carbonyl (C=O) groups is 1. The van der Waals surface area contributed by atoms with E-state index in [-0.39, 0.29) is 19.6 Å². The van der Waals surface area contributed by atoms with E-state index in [0.717, 1.165) is 12.1 Å². The van der Waals surface area contributed by atoms with Crippen LogP contribution in [0.1, 0.15) is 18.1 Å². The van der Waals surface area contributed by atoms with Crippen molar-refractivity contribution in [1.82, 2.24) is 0 Å². The van der Waals surface area contributed by atoms with E-state index in [0.29, 0.717) is 11.3 Å². The first kappa shape index (κ1) is 13.7. The molecular formula is C13H13F3O3. The van der Waals surface area contributed by atoms with Crippen molar-refractivity contribution < 1.29 is 27.4 Å². The maximum atomic E-state index is 12.6. The highest BCUT2D eigenvalue weighted by Crippen LogP contribution is 2.35. The molecular weight excluding hydrogens is 261 g/mol. The van der Waals surface area contributed by atoms with Gasteiger partial charge >= 0.3 is 12.1 Å². The minimum Gasteiger partial charge on any atom is -0.492 e. The molecule has 104 valence electrons. The molecule has 0 aromatic heterocycles. The third kappa shape index (κ3) is 3.00. The third-order valence-corrected chi connectivity index (χ3v) is 2.91. The summed E-state index contributed by atoms with van der Waals surface area (Å²) < 4.78 is 48.0. The molecule has 1 aromatic carbocycles. The van der Waals surface area contributed by atoms with Crippen molar-refractivity contribution in [3.8, 4) is 5.75 Å². The molecule has 0 saturated carbocycles. The maximum Gasteiger partial charge on any atom is 0.416 e. The molecule has 0 radical (unpaired) electrons. The average molecular weight is 274 g/mol. The zero-order valence-corrected chi connectivity index (χ0v) is 10.3. The molecule has 1 aliphatic heterocycles. The van der Waals surface area contributed by atoms with Gasteiger partial charge in [-0.1, -0.05) is 0 Å². The standard InChI is InChI=1S/C13H13F3O3/c1-2-18-12(17)9-5-8-6-10(13(14,15)16)3-4-11(8)19-7-9/h3-4,6,9H,2,5,7H2,1H3. The lowest BCUT2D eigenvalue weighted by atomic mass is 9.95. The highest BCUT2D eigenvalue weighted by atomic mass is 19.4. The maximum absolute atomic E-state index is 12.6. The molecule has 0 saturated heterocycles. The van der Waals surface area contributed by atoms with E-state index in [1.54, 1.807) is 6.92 Å². The Labute approximate surface area is 108 Å². The second kappa shape index (κ2) is 5.11. The normalized spacial score (nSPS) is 18.4. The molecule has 0 amide bonds. The third-order valence-electron chi connectivity index (χ3n) is 2.91. The second-order valence-electron chi connectivity index (χ2n) is 4.28. The largest absolute Gasteiger partial charge is 0.492 e. The van der Waals surface area contributed by atoms with Crippen LogP contribution in [0.5, 0.6) is 5.75 Å². The fraction of sp³-hybridized carbons (Fsp3) is 0.462. The van der Waals surface area contributed by atoms with Gasteiger partial charge in [-0.25, -0.2) is 0 Å². The van der Waals surface area contributed by atoms with Crippen molar-refractivity contribution in [2.75, 3.05) is 13.2 Å². The number of carbonyl (C=O) groups excluding carboxylic acids is 1. The fourth-order valence-electron chi connectivity index (χ4n) is 1.98. The number of rotatable bonds is 2. The van der Waals surface area contributed by atoms with E-state index in [9.17, 15) is 18.0 Å². The van der Waals surface area contributed by atoms with E-state index >= 15 is 0 Å². The Morgan fingerprint density at radius 1 is 1.47 bits per heavy atom. The van der Waals surface area contributed by atoms with E-state index < -0.39 is 23.6 Å². The summed E-state index contributed by atoms with van der Waals surface area (Å²) in [4.78, 5) is 11.6. The number of hydrogen-bond acceptors (Lipinski definition) is 3. The second-order valence-corrected chi connectivity index (χ2v) is 4.28. The smallest absolute Gasteiger partial charge is 0.416 e. The molecule has 1 unspecified atom stereocenters. The quantitative estimate of drug-likeness (QED) is 0.778. The summed E-state index contributed by atoms with van der Waals surface area (Å²) in [6.45, 7) is 2.05. The van der Waals surface area contributed by atoms with Gasteiger partial charge in [0.1, 0.15) is 12.4 Å². The van der Waals surface area contributed by atoms with Crippen LogP contribution in [0.15, 0.2) is 18.2 Å². The SMILES string of the molecule is CCOC(=O)C1COc2ccc(C(F)(F)F)cc2C1. The van der Waals surface area contributed by atoms with Crippen molar-refractivity contribution in [2.45, 2.75) is 19.5 Å². The molecule has 0 N–H and O–H groups in total. The molecule has 0 fully saturated rings. The number of hydrogen-bond donors (Lipinski definition) is 0. The Kier molecular flexibility index (Phi) is 3.68. The number of benzene rings is 1. The van der Waals surface area contributed by atoms with Gasteiger partial charge in [0.2, 0.25) is 0 Å². The Hall–Kier alpha value is -1.72. The van der Waals surface area contributed by atoms with Gasteiger partial charge in [0, 0.05) is 0 Å². The van der Waals surface area contributed by atoms with Crippen LogP contribution in [0.4, 0.5) is 13.2 Å². The number of fused-ring (bicyclic) bond motifs is 1. The molecule has 0 spiro atoms.